The summed E-state index contributed by atoms with van der Waals surface area (Å²) in [6.07, 6.45) is -10.9. The van der Waals surface area contributed by atoms with Crippen molar-refractivity contribution in [1.29, 1.82) is 0 Å². The van der Waals surface area contributed by atoms with Gasteiger partial charge in [0.2, 0.25) is 34.5 Å². The molecule has 5 aromatic rings. The minimum Gasteiger partial charge on any atom is -0.504 e. The number of carbonyl (C=O) groups excluding carboxylic acids is 5. The van der Waals surface area contributed by atoms with Gasteiger partial charge in [0.15, 0.2) is 82.1 Å². The fourth-order valence-corrected chi connectivity index (χ4v) is 7.05. The third-order valence-corrected chi connectivity index (χ3v) is 10.3. The number of cyclic esters (lactones) is 4. The SMILES string of the molecule is O=C[C@@H]1OC(=O)c2cc(O)c(O)c(O)c2-c2c(cc(O)c(O)c2O)C(=O)O[C@H]1[C@@H]1OC(=O)c2cc(O)c(O)c(O)c2-c2c(cc(Oc3c(C(=O)O)cc(O)c(O)c3O)c(O)c2O)C(=O)OC[C@H]1O. The van der Waals surface area contributed by atoms with Crippen LogP contribution in [0.5, 0.6) is 92.0 Å². The Morgan fingerprint density at radius 1 is 0.500 bits per heavy atom. The molecule has 0 aliphatic carbocycles. The van der Waals surface area contributed by atoms with Crippen molar-refractivity contribution < 1.29 is 134 Å². The number of aldehydes is 1. The molecule has 0 aromatic heterocycles. The minimum absolute atomic E-state index is 0.301. The summed E-state index contributed by atoms with van der Waals surface area (Å²) in [5.74, 6) is -31.7. The van der Waals surface area contributed by atoms with Crippen molar-refractivity contribution in [1.82, 2.24) is 0 Å². The molecular weight excluding hydrogens is 924 g/mol. The lowest BCUT2D eigenvalue weighted by Gasteiger charge is -2.33. The van der Waals surface area contributed by atoms with Gasteiger partial charge in [-0.2, -0.15) is 0 Å². The molecule has 16 N–H and O–H groups in total. The molecule has 68 heavy (non-hydrogen) atoms. The molecule has 27 nitrogen and oxygen atoms in total. The highest BCUT2D eigenvalue weighted by atomic mass is 16.6. The number of rotatable bonds is 5. The molecule has 27 heteroatoms. The van der Waals surface area contributed by atoms with Gasteiger partial charge in [-0.15, -0.1) is 0 Å². The molecule has 0 spiro atoms. The highest BCUT2D eigenvalue weighted by Gasteiger charge is 2.47. The van der Waals surface area contributed by atoms with Crippen LogP contribution in [0.15, 0.2) is 30.3 Å². The van der Waals surface area contributed by atoms with Crippen molar-refractivity contribution in [3.05, 3.63) is 58.1 Å². The van der Waals surface area contributed by atoms with Gasteiger partial charge < -0.3 is 105 Å². The zero-order valence-corrected chi connectivity index (χ0v) is 33.1. The van der Waals surface area contributed by atoms with Crippen molar-refractivity contribution in [2.75, 3.05) is 6.61 Å². The Morgan fingerprint density at radius 3 is 1.32 bits per heavy atom. The summed E-state index contributed by atoms with van der Waals surface area (Å²) in [6, 6.07) is 1.82. The number of phenolic OH excluding ortho intramolecular Hbond substituents is 14. The molecule has 2 aliphatic rings. The Labute approximate surface area is 373 Å². The molecule has 0 unspecified atom stereocenters. The van der Waals surface area contributed by atoms with E-state index in [1.807, 2.05) is 0 Å². The molecule has 4 atom stereocenters. The maximum absolute atomic E-state index is 14.3. The van der Waals surface area contributed by atoms with Crippen LogP contribution in [0.25, 0.3) is 22.3 Å². The highest BCUT2D eigenvalue weighted by Crippen LogP contribution is 2.56. The van der Waals surface area contributed by atoms with Crippen LogP contribution in [0.2, 0.25) is 0 Å². The van der Waals surface area contributed by atoms with E-state index in [2.05, 4.69) is 0 Å². The number of carboxylic acids is 1. The first-order valence-electron chi connectivity index (χ1n) is 18.5. The van der Waals surface area contributed by atoms with Crippen molar-refractivity contribution in [2.24, 2.45) is 0 Å². The maximum atomic E-state index is 14.3. The highest BCUT2D eigenvalue weighted by molar-refractivity contribution is 6.10. The predicted molar refractivity (Wildman–Crippen MR) is 211 cm³/mol. The van der Waals surface area contributed by atoms with E-state index in [1.165, 1.54) is 0 Å². The van der Waals surface area contributed by atoms with Gasteiger partial charge in [0.25, 0.3) is 0 Å². The Kier molecular flexibility index (Phi) is 11.2. The number of carbonyl (C=O) groups is 6. The van der Waals surface area contributed by atoms with E-state index >= 15 is 0 Å². The second-order valence-electron chi connectivity index (χ2n) is 14.3. The summed E-state index contributed by atoms with van der Waals surface area (Å²) >= 11 is 0. The van der Waals surface area contributed by atoms with Crippen LogP contribution >= 0.6 is 0 Å². The molecule has 0 amide bonds. The third kappa shape index (κ3) is 7.26. The first-order chi connectivity index (χ1) is 31.9. The second kappa shape index (κ2) is 16.6. The molecule has 354 valence electrons. The molecule has 7 rings (SSSR count). The van der Waals surface area contributed by atoms with Crippen molar-refractivity contribution >= 4 is 36.1 Å². The molecule has 2 heterocycles. The number of carboxylic acid groups (broad SMARTS) is 1. The molecule has 0 saturated heterocycles. The molecule has 0 radical (unpaired) electrons. The maximum Gasteiger partial charge on any atom is 0.339 e. The van der Waals surface area contributed by atoms with Gasteiger partial charge in [0, 0.05) is 34.4 Å². The lowest BCUT2D eigenvalue weighted by molar-refractivity contribution is -0.142. The van der Waals surface area contributed by atoms with Gasteiger partial charge in [-0.25, -0.2) is 24.0 Å². The van der Waals surface area contributed by atoms with Gasteiger partial charge in [-0.3, -0.25) is 4.79 Å². The summed E-state index contributed by atoms with van der Waals surface area (Å²) < 4.78 is 26.4. The number of esters is 4. The number of aliphatic hydroxyl groups is 1. The Morgan fingerprint density at radius 2 is 0.882 bits per heavy atom. The van der Waals surface area contributed by atoms with Crippen LogP contribution < -0.4 is 4.74 Å². The largest absolute Gasteiger partial charge is 0.504 e. The fraction of sp³-hybridized carbons (Fsp3) is 0.122. The predicted octanol–water partition coefficient (Wildman–Crippen LogP) is 1.41. The summed E-state index contributed by atoms with van der Waals surface area (Å²) in [5, 5.41) is 170. The standard InChI is InChI=1S/C41H28O27/c42-6-19-36(68-41(63)10-3-15(45)25(49)30(54)21(10)20-8(39(61)66-19)1-13(43)24(48)29(20)53)35-17(47)7-64-38(60)11-5-18(65-34-12(37(58)59)4-16(46)27(51)33(34)57)28(52)32(56)23(11)22-9(40(62)67-35)2-14(44)26(50)31(22)55/h1-6,17,19,35-36,43-57H,7H2,(H,58,59)/t17-,19+,35-,36-/m1/s1. The summed E-state index contributed by atoms with van der Waals surface area (Å²) in [5.41, 5.74) is -10.4. The zero-order valence-electron chi connectivity index (χ0n) is 33.1. The molecule has 0 saturated carbocycles. The van der Waals surface area contributed by atoms with E-state index in [1.54, 1.807) is 0 Å². The Hall–Kier alpha value is -9.92. The van der Waals surface area contributed by atoms with Gasteiger partial charge >= 0.3 is 29.8 Å². The summed E-state index contributed by atoms with van der Waals surface area (Å²) in [7, 11) is 0. The fourth-order valence-electron chi connectivity index (χ4n) is 7.05. The first kappa shape index (κ1) is 46.1. The number of hydrogen-bond acceptors (Lipinski definition) is 26. The van der Waals surface area contributed by atoms with Crippen LogP contribution in [0.1, 0.15) is 51.8 Å². The van der Waals surface area contributed by atoms with Gasteiger partial charge in [0.1, 0.15) is 18.3 Å². The van der Waals surface area contributed by atoms with Crippen LogP contribution in [-0.4, -0.2) is 149 Å². The number of ether oxygens (including phenoxy) is 5. The first-order valence-corrected chi connectivity index (χ1v) is 18.5. The van der Waals surface area contributed by atoms with Crippen LogP contribution in [0, 0.1) is 0 Å². The van der Waals surface area contributed by atoms with Crippen LogP contribution in [0.4, 0.5) is 0 Å². The third-order valence-electron chi connectivity index (χ3n) is 10.3. The molecular formula is C41H28O27. The Balaban J connectivity index is 1.42. The second-order valence-corrected chi connectivity index (χ2v) is 14.3. The van der Waals surface area contributed by atoms with Crippen LogP contribution in [0.3, 0.4) is 0 Å². The number of hydrogen-bond donors (Lipinski definition) is 16. The average Bonchev–Trinajstić information content (AvgIpc) is 3.30. The van der Waals surface area contributed by atoms with E-state index in [0.717, 1.165) is 0 Å². The lowest BCUT2D eigenvalue weighted by Crippen LogP contribution is -2.53. The van der Waals surface area contributed by atoms with Gasteiger partial charge in [0.05, 0.1) is 22.3 Å². The van der Waals surface area contributed by atoms with E-state index < -0.39 is 203 Å². The Bertz CT molecular complexity index is 3080. The van der Waals surface area contributed by atoms with E-state index in [4.69, 9.17) is 23.7 Å². The van der Waals surface area contributed by atoms with E-state index in [-0.39, 0.29) is 6.29 Å². The zero-order chi connectivity index (χ0) is 50.1. The molecule has 0 fully saturated rings. The topological polar surface area (TPSA) is 472 Å². The number of aromatic hydroxyl groups is 14. The number of aliphatic hydroxyl groups excluding tert-OH is 1. The molecule has 2 aliphatic heterocycles. The quantitative estimate of drug-likeness (QED) is 0.0512. The summed E-state index contributed by atoms with van der Waals surface area (Å²) in [6.45, 7) is -1.48. The van der Waals surface area contributed by atoms with Gasteiger partial charge in [-0.05, 0) is 18.2 Å². The number of fused-ring (bicyclic) bond motifs is 6. The van der Waals surface area contributed by atoms with Crippen molar-refractivity contribution in [2.45, 2.75) is 24.4 Å². The normalized spacial score (nSPS) is 18.1. The number of aromatic carboxylic acids is 1. The summed E-state index contributed by atoms with van der Waals surface area (Å²) in [4.78, 5) is 80.9. The lowest BCUT2D eigenvalue weighted by atomic mass is 9.91. The molecule has 5 aromatic carbocycles. The van der Waals surface area contributed by atoms with Crippen molar-refractivity contribution in [3.63, 3.8) is 0 Å². The minimum atomic E-state index is -2.70. The van der Waals surface area contributed by atoms with E-state index in [9.17, 15) is 110 Å². The molecule has 0 bridgehead atoms. The van der Waals surface area contributed by atoms with Crippen molar-refractivity contribution in [3.8, 4) is 114 Å². The van der Waals surface area contributed by atoms with Gasteiger partial charge in [-0.1, -0.05) is 0 Å². The van der Waals surface area contributed by atoms with E-state index in [0.29, 0.717) is 30.3 Å². The smallest absolute Gasteiger partial charge is 0.339 e. The monoisotopic (exact) mass is 952 g/mol. The van der Waals surface area contributed by atoms with Crippen LogP contribution in [-0.2, 0) is 23.7 Å². The number of benzene rings is 5. The number of phenols is 14. The average molecular weight is 953 g/mol.